The lowest BCUT2D eigenvalue weighted by molar-refractivity contribution is 0.0936. The van der Waals surface area contributed by atoms with Crippen molar-refractivity contribution in [2.45, 2.75) is 40.2 Å². The quantitative estimate of drug-likeness (QED) is 0.724. The van der Waals surface area contributed by atoms with Crippen LogP contribution in [0.1, 0.15) is 52.5 Å². The lowest BCUT2D eigenvalue weighted by atomic mass is 10.1. The molecule has 6 nitrogen and oxygen atoms in total. The van der Waals surface area contributed by atoms with Gasteiger partial charge in [0.05, 0.1) is 5.52 Å². The van der Waals surface area contributed by atoms with E-state index in [0.717, 1.165) is 17.5 Å². The maximum atomic E-state index is 12.8. The molecular formula is C21H24N4O2. The van der Waals surface area contributed by atoms with Gasteiger partial charge in [0.2, 0.25) is 5.82 Å². The average molecular weight is 364 g/mol. The molecule has 6 heteroatoms. The molecule has 0 bridgehead atoms. The fourth-order valence-corrected chi connectivity index (χ4v) is 2.77. The number of pyridine rings is 1. The second kappa shape index (κ2) is 7.61. The number of amides is 2. The molecule has 0 aliphatic rings. The van der Waals surface area contributed by atoms with Crippen molar-refractivity contribution in [3.8, 4) is 0 Å². The molecule has 2 heterocycles. The lowest BCUT2D eigenvalue weighted by Gasteiger charge is -2.09. The highest BCUT2D eigenvalue weighted by atomic mass is 16.2. The largest absolute Gasteiger partial charge is 0.348 e. The summed E-state index contributed by atoms with van der Waals surface area (Å²) in [7, 11) is 0. The van der Waals surface area contributed by atoms with Crippen LogP contribution in [0, 0.1) is 13.8 Å². The summed E-state index contributed by atoms with van der Waals surface area (Å²) in [6.45, 7) is 7.95. The Balaban J connectivity index is 1.95. The molecule has 2 aromatic heterocycles. The number of nitrogens with one attached hydrogen (secondary N) is 2. The molecule has 3 aromatic rings. The number of benzene rings is 1. The summed E-state index contributed by atoms with van der Waals surface area (Å²) in [5, 5.41) is 5.78. The van der Waals surface area contributed by atoms with E-state index in [-0.39, 0.29) is 29.4 Å². The van der Waals surface area contributed by atoms with Crippen molar-refractivity contribution in [2.24, 2.45) is 0 Å². The first kappa shape index (κ1) is 18.6. The van der Waals surface area contributed by atoms with Crippen molar-refractivity contribution in [3.05, 3.63) is 65.2 Å². The van der Waals surface area contributed by atoms with Gasteiger partial charge in [-0.2, -0.15) is 0 Å². The van der Waals surface area contributed by atoms with Gasteiger partial charge in [0.25, 0.3) is 11.8 Å². The van der Waals surface area contributed by atoms with E-state index in [1.807, 2.05) is 52.0 Å². The van der Waals surface area contributed by atoms with E-state index in [2.05, 4.69) is 15.6 Å². The van der Waals surface area contributed by atoms with E-state index in [0.29, 0.717) is 11.2 Å². The van der Waals surface area contributed by atoms with Crippen LogP contribution >= 0.6 is 0 Å². The summed E-state index contributed by atoms with van der Waals surface area (Å²) in [5.41, 5.74) is 3.80. The fourth-order valence-electron chi connectivity index (χ4n) is 2.77. The van der Waals surface area contributed by atoms with Crippen LogP contribution in [-0.2, 0) is 0 Å². The number of aromatic nitrogens is 2. The molecule has 0 saturated carbocycles. The van der Waals surface area contributed by atoms with E-state index in [1.165, 1.54) is 0 Å². The van der Waals surface area contributed by atoms with E-state index in [9.17, 15) is 9.59 Å². The van der Waals surface area contributed by atoms with E-state index < -0.39 is 0 Å². The number of rotatable bonds is 5. The highest BCUT2D eigenvalue weighted by Crippen LogP contribution is 2.17. The number of carbonyl (C=O) groups is 2. The molecule has 0 aliphatic heterocycles. The molecule has 0 aliphatic carbocycles. The third-order valence-electron chi connectivity index (χ3n) is 4.72. The monoisotopic (exact) mass is 364 g/mol. The highest BCUT2D eigenvalue weighted by Gasteiger charge is 2.22. The average Bonchev–Trinajstić information content (AvgIpc) is 3.04. The molecule has 2 amide bonds. The van der Waals surface area contributed by atoms with E-state index in [1.54, 1.807) is 22.7 Å². The van der Waals surface area contributed by atoms with Gasteiger partial charge in [-0.05, 0) is 62.6 Å². The molecule has 27 heavy (non-hydrogen) atoms. The highest BCUT2D eigenvalue weighted by molar-refractivity contribution is 6.06. The minimum atomic E-state index is -0.359. The number of hydrogen-bond donors (Lipinski definition) is 2. The van der Waals surface area contributed by atoms with Crippen molar-refractivity contribution >= 4 is 23.0 Å². The Kier molecular flexibility index (Phi) is 5.26. The predicted octanol–water partition coefficient (Wildman–Crippen LogP) is 3.73. The summed E-state index contributed by atoms with van der Waals surface area (Å²) in [5.74, 6) is -0.460. The number of hydrogen-bond acceptors (Lipinski definition) is 3. The number of fused-ring (bicyclic) bond motifs is 1. The SMILES string of the molecule is CCC(C)NC(=O)c1nc(C(=O)Nc2ccc(C)c(C)c2)n2ccccc12. The van der Waals surface area contributed by atoms with Crippen LogP contribution in [0.5, 0.6) is 0 Å². The molecular weight excluding hydrogens is 340 g/mol. The maximum absolute atomic E-state index is 12.8. The van der Waals surface area contributed by atoms with Crippen molar-refractivity contribution in [1.29, 1.82) is 0 Å². The summed E-state index contributed by atoms with van der Waals surface area (Å²) < 4.78 is 1.64. The number of aryl methyl sites for hydroxylation is 2. The second-order valence-electron chi connectivity index (χ2n) is 6.78. The van der Waals surface area contributed by atoms with E-state index >= 15 is 0 Å². The minimum absolute atomic E-state index is 0.0331. The van der Waals surface area contributed by atoms with Crippen molar-refractivity contribution in [3.63, 3.8) is 0 Å². The van der Waals surface area contributed by atoms with Gasteiger partial charge in [-0.1, -0.05) is 19.1 Å². The van der Waals surface area contributed by atoms with Gasteiger partial charge in [-0.25, -0.2) is 4.98 Å². The van der Waals surface area contributed by atoms with Crippen LogP contribution in [0.15, 0.2) is 42.6 Å². The van der Waals surface area contributed by atoms with Gasteiger partial charge >= 0.3 is 0 Å². The number of anilines is 1. The first-order valence-corrected chi connectivity index (χ1v) is 9.07. The van der Waals surface area contributed by atoms with Crippen LogP contribution < -0.4 is 10.6 Å². The van der Waals surface area contributed by atoms with Crippen LogP contribution in [0.3, 0.4) is 0 Å². The zero-order valence-corrected chi connectivity index (χ0v) is 16.0. The van der Waals surface area contributed by atoms with Gasteiger partial charge < -0.3 is 10.6 Å². The minimum Gasteiger partial charge on any atom is -0.348 e. The van der Waals surface area contributed by atoms with Crippen LogP contribution in [0.4, 0.5) is 5.69 Å². The molecule has 0 fully saturated rings. The third kappa shape index (κ3) is 3.84. The van der Waals surface area contributed by atoms with Crippen molar-refractivity contribution in [2.75, 3.05) is 5.32 Å². The smallest absolute Gasteiger partial charge is 0.292 e. The molecule has 140 valence electrons. The third-order valence-corrected chi connectivity index (χ3v) is 4.72. The summed E-state index contributed by atoms with van der Waals surface area (Å²) in [6, 6.07) is 11.2. The Bertz CT molecular complexity index is 1010. The molecule has 0 spiro atoms. The first-order chi connectivity index (χ1) is 12.9. The maximum Gasteiger partial charge on any atom is 0.292 e. The molecule has 1 aromatic carbocycles. The van der Waals surface area contributed by atoms with E-state index in [4.69, 9.17) is 0 Å². The molecule has 1 unspecified atom stereocenters. The van der Waals surface area contributed by atoms with Gasteiger partial charge in [0.1, 0.15) is 0 Å². The number of carbonyl (C=O) groups excluding carboxylic acids is 2. The van der Waals surface area contributed by atoms with Crippen LogP contribution in [-0.4, -0.2) is 27.2 Å². The molecule has 0 radical (unpaired) electrons. The first-order valence-electron chi connectivity index (χ1n) is 9.07. The van der Waals surface area contributed by atoms with Gasteiger partial charge in [0, 0.05) is 17.9 Å². The summed E-state index contributed by atoms with van der Waals surface area (Å²) in [6.07, 6.45) is 2.55. The van der Waals surface area contributed by atoms with Crippen molar-refractivity contribution in [1.82, 2.24) is 14.7 Å². The zero-order chi connectivity index (χ0) is 19.6. The van der Waals surface area contributed by atoms with Crippen molar-refractivity contribution < 1.29 is 9.59 Å². The van der Waals surface area contributed by atoms with Crippen LogP contribution in [0.25, 0.3) is 5.52 Å². The predicted molar refractivity (Wildman–Crippen MR) is 106 cm³/mol. The normalized spacial score (nSPS) is 12.0. The van der Waals surface area contributed by atoms with Crippen LogP contribution in [0.2, 0.25) is 0 Å². The molecule has 3 rings (SSSR count). The van der Waals surface area contributed by atoms with Gasteiger partial charge in [-0.3, -0.25) is 14.0 Å². The lowest BCUT2D eigenvalue weighted by Crippen LogP contribution is -2.32. The Morgan fingerprint density at radius 2 is 1.89 bits per heavy atom. The number of nitrogens with zero attached hydrogens (tertiary/aromatic N) is 2. The summed E-state index contributed by atoms with van der Waals surface area (Å²) >= 11 is 0. The Morgan fingerprint density at radius 3 is 2.59 bits per heavy atom. The Morgan fingerprint density at radius 1 is 1.11 bits per heavy atom. The fraction of sp³-hybridized carbons (Fsp3) is 0.286. The van der Waals surface area contributed by atoms with Gasteiger partial charge in [-0.15, -0.1) is 0 Å². The Hall–Kier alpha value is -3.15. The molecule has 1 atom stereocenters. The summed E-state index contributed by atoms with van der Waals surface area (Å²) in [4.78, 5) is 29.7. The Labute approximate surface area is 158 Å². The zero-order valence-electron chi connectivity index (χ0n) is 16.0. The van der Waals surface area contributed by atoms with Gasteiger partial charge in [0.15, 0.2) is 5.69 Å². The number of imidazole rings is 1. The standard InChI is InChI=1S/C21H24N4O2/c1-5-15(4)22-20(26)18-17-8-6-7-11-25(17)19(24-18)21(27)23-16-10-9-13(2)14(3)12-16/h6-12,15H,5H2,1-4H3,(H,22,26)(H,23,27). The second-order valence-corrected chi connectivity index (χ2v) is 6.78. The topological polar surface area (TPSA) is 75.5 Å². The molecule has 2 N–H and O–H groups in total. The molecule has 0 saturated heterocycles.